The Hall–Kier alpha value is -1.17. The molecule has 1 unspecified atom stereocenters. The highest BCUT2D eigenvalue weighted by Gasteiger charge is 2.24. The van der Waals surface area contributed by atoms with Crippen molar-refractivity contribution < 1.29 is 4.52 Å². The first-order chi connectivity index (χ1) is 11.0. The molecular weight excluding hydrogens is 308 g/mol. The summed E-state index contributed by atoms with van der Waals surface area (Å²) in [6, 6.07) is 0. The Balaban J connectivity index is 1.79. The van der Waals surface area contributed by atoms with Gasteiger partial charge in [-0.15, -0.1) is 0 Å². The average molecular weight is 339 g/mol. The van der Waals surface area contributed by atoms with E-state index < -0.39 is 0 Å². The van der Waals surface area contributed by atoms with Gasteiger partial charge >= 0.3 is 0 Å². The molecule has 0 aromatic carbocycles. The van der Waals surface area contributed by atoms with Gasteiger partial charge in [0.25, 0.3) is 0 Å². The van der Waals surface area contributed by atoms with Crippen molar-refractivity contribution in [3.8, 4) is 0 Å². The molecule has 1 aromatic heterocycles. The quantitative estimate of drug-likeness (QED) is 0.508. The van der Waals surface area contributed by atoms with Crippen molar-refractivity contribution in [2.75, 3.05) is 32.4 Å². The van der Waals surface area contributed by atoms with Gasteiger partial charge in [-0.25, -0.2) is 0 Å². The maximum Gasteiger partial charge on any atom is 0.193 e. The number of rotatable bonds is 5. The minimum atomic E-state index is 0.699. The van der Waals surface area contributed by atoms with Gasteiger partial charge in [-0.05, 0) is 32.6 Å². The fraction of sp³-hybridized carbons (Fsp3) is 0.765. The topological polar surface area (TPSA) is 53.7 Å². The van der Waals surface area contributed by atoms with Crippen molar-refractivity contribution in [3.63, 3.8) is 0 Å². The highest BCUT2D eigenvalue weighted by atomic mass is 32.2. The number of guanidine groups is 1. The molecule has 0 radical (unpaired) electrons. The van der Waals surface area contributed by atoms with Crippen molar-refractivity contribution in [2.45, 2.75) is 45.8 Å². The molecule has 0 spiro atoms. The first-order valence-electron chi connectivity index (χ1n) is 8.51. The summed E-state index contributed by atoms with van der Waals surface area (Å²) in [4.78, 5) is 6.87. The summed E-state index contributed by atoms with van der Waals surface area (Å²) in [5, 5.41) is 8.23. The number of hydrogen-bond donors (Lipinski definition) is 1. The molecule has 1 saturated heterocycles. The van der Waals surface area contributed by atoms with Crippen molar-refractivity contribution >= 4 is 17.7 Å². The fourth-order valence-corrected chi connectivity index (χ4v) is 4.23. The molecule has 1 N–H and O–H groups in total. The van der Waals surface area contributed by atoms with Gasteiger partial charge in [-0.1, -0.05) is 19.0 Å². The second-order valence-corrected chi connectivity index (χ2v) is 7.83. The molecule has 1 aliphatic heterocycles. The van der Waals surface area contributed by atoms with Crippen LogP contribution in [0.5, 0.6) is 0 Å². The van der Waals surface area contributed by atoms with E-state index in [1.807, 2.05) is 20.9 Å². The molecule has 1 fully saturated rings. The Morgan fingerprint density at radius 3 is 2.87 bits per heavy atom. The molecule has 1 aromatic rings. The van der Waals surface area contributed by atoms with Gasteiger partial charge in [0.15, 0.2) is 5.96 Å². The van der Waals surface area contributed by atoms with Crippen LogP contribution in [0.3, 0.4) is 0 Å². The lowest BCUT2D eigenvalue weighted by Crippen LogP contribution is -2.49. The number of aromatic nitrogens is 1. The molecule has 1 aliphatic rings. The van der Waals surface area contributed by atoms with E-state index in [0.717, 1.165) is 49.9 Å². The third kappa shape index (κ3) is 4.90. The molecule has 2 rings (SSSR count). The number of nitrogens with one attached hydrogen (secondary N) is 1. The summed E-state index contributed by atoms with van der Waals surface area (Å²) < 4.78 is 5.22. The van der Waals surface area contributed by atoms with Crippen LogP contribution < -0.4 is 5.32 Å². The lowest BCUT2D eigenvalue weighted by molar-refractivity contribution is 0.380. The van der Waals surface area contributed by atoms with E-state index >= 15 is 0 Å². The molecule has 0 amide bonds. The summed E-state index contributed by atoms with van der Waals surface area (Å²) in [7, 11) is 1.88. The largest absolute Gasteiger partial charge is 0.361 e. The summed E-state index contributed by atoms with van der Waals surface area (Å²) >= 11 is 2.09. The molecule has 23 heavy (non-hydrogen) atoms. The van der Waals surface area contributed by atoms with Gasteiger partial charge in [-0.2, -0.15) is 11.8 Å². The van der Waals surface area contributed by atoms with Gasteiger partial charge < -0.3 is 14.7 Å². The average Bonchev–Trinajstić information content (AvgIpc) is 2.86. The molecule has 0 aliphatic carbocycles. The van der Waals surface area contributed by atoms with Crippen LogP contribution in [0, 0.1) is 19.8 Å². The predicted octanol–water partition coefficient (Wildman–Crippen LogP) is 2.87. The van der Waals surface area contributed by atoms with Crippen LogP contribution in [0.15, 0.2) is 9.52 Å². The van der Waals surface area contributed by atoms with Gasteiger partial charge in [-0.3, -0.25) is 4.99 Å². The molecular formula is C17H30N4OS. The van der Waals surface area contributed by atoms with Crippen LogP contribution in [0.4, 0.5) is 0 Å². The summed E-state index contributed by atoms with van der Waals surface area (Å²) in [5.41, 5.74) is 2.26. The van der Waals surface area contributed by atoms with E-state index in [9.17, 15) is 0 Å². The minimum Gasteiger partial charge on any atom is -0.361 e. The van der Waals surface area contributed by atoms with E-state index in [2.05, 4.69) is 46.0 Å². The molecule has 2 heterocycles. The van der Waals surface area contributed by atoms with Crippen LogP contribution in [0.25, 0.3) is 0 Å². The monoisotopic (exact) mass is 338 g/mol. The number of nitrogens with zero attached hydrogens (tertiary/aromatic N) is 3. The Kier molecular flexibility index (Phi) is 6.81. The van der Waals surface area contributed by atoms with E-state index in [4.69, 9.17) is 4.52 Å². The van der Waals surface area contributed by atoms with Gasteiger partial charge in [0, 0.05) is 43.2 Å². The van der Waals surface area contributed by atoms with E-state index in [1.165, 1.54) is 11.3 Å². The highest BCUT2D eigenvalue weighted by Crippen LogP contribution is 2.24. The molecule has 6 heteroatoms. The Labute approximate surface area is 144 Å². The first kappa shape index (κ1) is 18.2. The van der Waals surface area contributed by atoms with Gasteiger partial charge in [0.2, 0.25) is 0 Å². The van der Waals surface area contributed by atoms with E-state index in [0.29, 0.717) is 11.2 Å². The SMILES string of the molecule is CN=C(NCCCc1c(C)noc1C)N1CCSC(C(C)C)C1. The normalized spacial score (nSPS) is 19.5. The van der Waals surface area contributed by atoms with Crippen molar-refractivity contribution in [1.29, 1.82) is 0 Å². The van der Waals surface area contributed by atoms with Crippen molar-refractivity contribution in [2.24, 2.45) is 10.9 Å². The molecule has 130 valence electrons. The minimum absolute atomic E-state index is 0.699. The fourth-order valence-electron chi connectivity index (χ4n) is 2.93. The predicted molar refractivity (Wildman–Crippen MR) is 98.3 cm³/mol. The molecule has 0 saturated carbocycles. The number of aliphatic imine (C=N–C) groups is 1. The zero-order chi connectivity index (χ0) is 16.8. The maximum atomic E-state index is 5.22. The number of aryl methyl sites for hydroxylation is 2. The standard InChI is InChI=1S/C17H30N4OS/c1-12(2)16-11-21(9-10-23-16)17(18-5)19-8-6-7-15-13(3)20-22-14(15)4/h12,16H,6-11H2,1-5H3,(H,18,19). The zero-order valence-corrected chi connectivity index (χ0v) is 15.9. The summed E-state index contributed by atoms with van der Waals surface area (Å²) in [6.07, 6.45) is 2.05. The summed E-state index contributed by atoms with van der Waals surface area (Å²) in [5.74, 6) is 3.87. The first-order valence-corrected chi connectivity index (χ1v) is 9.56. The molecule has 5 nitrogen and oxygen atoms in total. The van der Waals surface area contributed by atoms with Gasteiger partial charge in [0.1, 0.15) is 5.76 Å². The van der Waals surface area contributed by atoms with Crippen LogP contribution in [-0.2, 0) is 6.42 Å². The Morgan fingerprint density at radius 1 is 1.48 bits per heavy atom. The van der Waals surface area contributed by atoms with Crippen LogP contribution in [0.2, 0.25) is 0 Å². The lowest BCUT2D eigenvalue weighted by Gasteiger charge is -2.36. The molecule has 0 bridgehead atoms. The van der Waals surface area contributed by atoms with Crippen molar-refractivity contribution in [1.82, 2.24) is 15.4 Å². The smallest absolute Gasteiger partial charge is 0.193 e. The lowest BCUT2D eigenvalue weighted by atomic mass is 10.1. The second kappa shape index (κ2) is 8.62. The maximum absolute atomic E-state index is 5.22. The third-order valence-electron chi connectivity index (χ3n) is 4.42. The number of thioether (sulfide) groups is 1. The summed E-state index contributed by atoms with van der Waals surface area (Å²) in [6.45, 7) is 11.7. The molecule has 1 atom stereocenters. The second-order valence-electron chi connectivity index (χ2n) is 6.48. The van der Waals surface area contributed by atoms with Crippen LogP contribution >= 0.6 is 11.8 Å². The Bertz CT molecular complexity index is 507. The van der Waals surface area contributed by atoms with E-state index in [-0.39, 0.29) is 0 Å². The highest BCUT2D eigenvalue weighted by molar-refractivity contribution is 8.00. The van der Waals surface area contributed by atoms with Crippen LogP contribution in [0.1, 0.15) is 37.3 Å². The van der Waals surface area contributed by atoms with E-state index in [1.54, 1.807) is 0 Å². The Morgan fingerprint density at radius 2 is 2.26 bits per heavy atom. The van der Waals surface area contributed by atoms with Crippen LogP contribution in [-0.4, -0.2) is 53.7 Å². The third-order valence-corrected chi connectivity index (χ3v) is 5.96. The zero-order valence-electron chi connectivity index (χ0n) is 15.1. The van der Waals surface area contributed by atoms with Gasteiger partial charge in [0.05, 0.1) is 5.69 Å². The van der Waals surface area contributed by atoms with Crippen molar-refractivity contribution in [3.05, 3.63) is 17.0 Å². The number of hydrogen-bond acceptors (Lipinski definition) is 4.